The van der Waals surface area contributed by atoms with E-state index in [9.17, 15) is 4.79 Å². The highest BCUT2D eigenvalue weighted by Crippen LogP contribution is 2.22. The van der Waals surface area contributed by atoms with Gasteiger partial charge in [0.05, 0.1) is 5.56 Å². The van der Waals surface area contributed by atoms with Crippen LogP contribution < -0.4 is 0 Å². The summed E-state index contributed by atoms with van der Waals surface area (Å²) in [5.74, 6) is -0.813. The summed E-state index contributed by atoms with van der Waals surface area (Å²) in [6, 6.07) is 14.8. The Kier molecular flexibility index (Phi) is 7.32. The molecule has 2 aromatic rings. The van der Waals surface area contributed by atoms with Crippen LogP contribution >= 0.6 is 34.2 Å². The molecule has 0 bridgehead atoms. The fraction of sp³-hybridized carbons (Fsp3) is 0.235. The van der Waals surface area contributed by atoms with Gasteiger partial charge in [0, 0.05) is 8.59 Å². The van der Waals surface area contributed by atoms with Crippen molar-refractivity contribution in [2.24, 2.45) is 0 Å². The van der Waals surface area contributed by atoms with Crippen LogP contribution in [0.1, 0.15) is 36.7 Å². The van der Waals surface area contributed by atoms with Gasteiger partial charge in [0.1, 0.15) is 0 Å². The third kappa shape index (κ3) is 6.34. The maximum atomic E-state index is 10.6. The first kappa shape index (κ1) is 18.9. The highest BCUT2D eigenvalue weighted by Gasteiger charge is 2.12. The first-order chi connectivity index (χ1) is 10.2. The van der Waals surface area contributed by atoms with E-state index in [2.05, 4.69) is 72.5 Å². The molecule has 0 spiro atoms. The van der Waals surface area contributed by atoms with Crippen molar-refractivity contribution in [1.29, 1.82) is 0 Å². The van der Waals surface area contributed by atoms with E-state index in [1.54, 1.807) is 12.1 Å². The van der Waals surface area contributed by atoms with E-state index >= 15 is 0 Å². The normalized spacial score (nSPS) is 10.5. The molecule has 0 radical (unpaired) electrons. The van der Waals surface area contributed by atoms with E-state index < -0.39 is 5.97 Å². The predicted molar refractivity (Wildman–Crippen MR) is 97.4 cm³/mol. The van der Waals surface area contributed by atoms with Gasteiger partial charge >= 0.3 is 5.97 Å². The zero-order valence-corrected chi connectivity index (χ0v) is 15.6. The molecule has 0 aromatic heterocycles. The van der Waals surface area contributed by atoms with Crippen LogP contribution in [-0.2, 0) is 10.3 Å². The quantitative estimate of drug-likeness (QED) is 0.365. The first-order valence-corrected chi connectivity index (χ1v) is 8.07. The fourth-order valence-corrected chi connectivity index (χ4v) is 2.17. The van der Waals surface area contributed by atoms with Gasteiger partial charge in [0.2, 0.25) is 0 Å². The average Bonchev–Trinajstić information content (AvgIpc) is 2.46. The first-order valence-electron chi connectivity index (χ1n) is 6.61. The fourth-order valence-electron chi connectivity index (χ4n) is 1.62. The minimum absolute atomic E-state index is 0.222. The van der Waals surface area contributed by atoms with E-state index in [4.69, 9.17) is 16.9 Å². The van der Waals surface area contributed by atoms with Crippen LogP contribution in [0.3, 0.4) is 0 Å². The Labute approximate surface area is 149 Å². The van der Waals surface area contributed by atoms with E-state index in [-0.39, 0.29) is 11.0 Å². The third-order valence-electron chi connectivity index (χ3n) is 2.85. The van der Waals surface area contributed by atoms with E-state index in [1.807, 2.05) is 0 Å². The van der Waals surface area contributed by atoms with Gasteiger partial charge in [-0.3, -0.25) is 4.89 Å². The average molecular weight is 433 g/mol. The van der Waals surface area contributed by atoms with Crippen LogP contribution in [0.2, 0.25) is 5.02 Å². The monoisotopic (exact) mass is 432 g/mol. The molecule has 3 nitrogen and oxygen atoms in total. The smallest absolute Gasteiger partial charge is 0.296 e. The van der Waals surface area contributed by atoms with Gasteiger partial charge < -0.3 is 0 Å². The van der Waals surface area contributed by atoms with Gasteiger partial charge in [0.25, 0.3) is 0 Å². The molecule has 0 fully saturated rings. The van der Waals surface area contributed by atoms with E-state index in [0.717, 1.165) is 0 Å². The van der Waals surface area contributed by atoms with Crippen LogP contribution in [0.15, 0.2) is 48.5 Å². The molecule has 118 valence electrons. The molecule has 22 heavy (non-hydrogen) atoms. The molecule has 0 unspecified atom stereocenters. The number of hydrogen-bond donors (Lipinski definition) is 1. The van der Waals surface area contributed by atoms with Gasteiger partial charge in [-0.05, 0) is 63.9 Å². The van der Waals surface area contributed by atoms with Crippen molar-refractivity contribution in [2.45, 2.75) is 26.2 Å². The van der Waals surface area contributed by atoms with Crippen LogP contribution in [-0.4, -0.2) is 11.2 Å². The van der Waals surface area contributed by atoms with Crippen molar-refractivity contribution in [1.82, 2.24) is 0 Å². The Hall–Kier alpha value is -1.11. The molecule has 2 rings (SSSR count). The van der Waals surface area contributed by atoms with Crippen molar-refractivity contribution in [3.8, 4) is 0 Å². The number of carbonyl (C=O) groups is 1. The molecule has 0 heterocycles. The van der Waals surface area contributed by atoms with Gasteiger partial charge in [-0.2, -0.15) is 5.26 Å². The van der Waals surface area contributed by atoms with Crippen LogP contribution in [0.25, 0.3) is 0 Å². The number of halogens is 2. The summed E-state index contributed by atoms with van der Waals surface area (Å²) in [5, 5.41) is 8.41. The number of benzene rings is 2. The maximum Gasteiger partial charge on any atom is 0.372 e. The lowest BCUT2D eigenvalue weighted by Gasteiger charge is -2.18. The Morgan fingerprint density at radius 1 is 1.14 bits per heavy atom. The number of carbonyl (C=O) groups excluding carboxylic acids is 1. The second-order valence-electron chi connectivity index (χ2n) is 5.65. The second-order valence-corrected chi connectivity index (χ2v) is 7.33. The second kappa shape index (κ2) is 8.50. The molecule has 0 saturated carbocycles. The largest absolute Gasteiger partial charge is 0.372 e. The van der Waals surface area contributed by atoms with Crippen molar-refractivity contribution in [2.75, 3.05) is 0 Å². The zero-order chi connectivity index (χ0) is 16.8. The molecular weight excluding hydrogens is 415 g/mol. The molecule has 0 aliphatic heterocycles. The molecule has 1 N–H and O–H groups in total. The summed E-state index contributed by atoms with van der Waals surface area (Å²) in [5.41, 5.74) is 1.91. The lowest BCUT2D eigenvalue weighted by atomic mass is 9.87. The van der Waals surface area contributed by atoms with E-state index in [0.29, 0.717) is 5.02 Å². The maximum absolute atomic E-state index is 10.6. The standard InChI is InChI=1S/C10H13I.C7H5ClO3/c1-10(2,3)8-4-6-9(11)7-5-8;8-6-3-1-2-5(4-6)7(9)11-10/h4-7H,1-3H3;1-4,10H. The molecule has 0 atom stereocenters. The molecule has 0 aliphatic carbocycles. The molecule has 0 saturated heterocycles. The lowest BCUT2D eigenvalue weighted by molar-refractivity contribution is -0.182. The molecule has 0 amide bonds. The predicted octanol–water partition coefficient (Wildman–Crippen LogP) is 5.56. The topological polar surface area (TPSA) is 46.5 Å². The van der Waals surface area contributed by atoms with Crippen LogP contribution in [0.4, 0.5) is 0 Å². The highest BCUT2D eigenvalue weighted by molar-refractivity contribution is 14.1. The van der Waals surface area contributed by atoms with Crippen LogP contribution in [0.5, 0.6) is 0 Å². The third-order valence-corrected chi connectivity index (χ3v) is 3.81. The summed E-state index contributed by atoms with van der Waals surface area (Å²) in [6.07, 6.45) is 0. The number of hydrogen-bond acceptors (Lipinski definition) is 3. The minimum atomic E-state index is -0.813. The summed E-state index contributed by atoms with van der Waals surface area (Å²) >= 11 is 7.88. The summed E-state index contributed by atoms with van der Waals surface area (Å²) in [7, 11) is 0. The van der Waals surface area contributed by atoms with Gasteiger partial charge in [0.15, 0.2) is 0 Å². The Balaban J connectivity index is 0.000000220. The van der Waals surface area contributed by atoms with Crippen molar-refractivity contribution in [3.05, 3.63) is 68.3 Å². The van der Waals surface area contributed by atoms with Crippen molar-refractivity contribution in [3.63, 3.8) is 0 Å². The van der Waals surface area contributed by atoms with Crippen LogP contribution in [0, 0.1) is 3.57 Å². The molecular formula is C17H18ClIO3. The lowest BCUT2D eigenvalue weighted by Crippen LogP contribution is -2.10. The Bertz CT molecular complexity index is 619. The Morgan fingerprint density at radius 3 is 2.18 bits per heavy atom. The molecule has 0 aliphatic rings. The SMILES string of the molecule is CC(C)(C)c1ccc(I)cc1.O=C(OO)c1cccc(Cl)c1. The van der Waals surface area contributed by atoms with Gasteiger partial charge in [-0.15, -0.1) is 0 Å². The summed E-state index contributed by atoms with van der Waals surface area (Å²) < 4.78 is 1.30. The highest BCUT2D eigenvalue weighted by atomic mass is 127. The summed E-state index contributed by atoms with van der Waals surface area (Å²) in [6.45, 7) is 6.69. The molecule has 5 heteroatoms. The Morgan fingerprint density at radius 2 is 1.73 bits per heavy atom. The van der Waals surface area contributed by atoms with E-state index in [1.165, 1.54) is 21.3 Å². The van der Waals surface area contributed by atoms with Crippen molar-refractivity contribution >= 4 is 40.2 Å². The zero-order valence-electron chi connectivity index (χ0n) is 12.6. The summed E-state index contributed by atoms with van der Waals surface area (Å²) in [4.78, 5) is 14.1. The van der Waals surface area contributed by atoms with Gasteiger partial charge in [-0.25, -0.2) is 4.79 Å². The molecule has 2 aromatic carbocycles. The van der Waals surface area contributed by atoms with Gasteiger partial charge in [-0.1, -0.05) is 50.6 Å². The number of rotatable bonds is 1. The van der Waals surface area contributed by atoms with Crippen molar-refractivity contribution < 1.29 is 14.9 Å². The minimum Gasteiger partial charge on any atom is -0.296 e.